The van der Waals surface area contributed by atoms with E-state index in [2.05, 4.69) is 24.5 Å². The summed E-state index contributed by atoms with van der Waals surface area (Å²) in [6, 6.07) is 11.5. The van der Waals surface area contributed by atoms with Gasteiger partial charge in [0.25, 0.3) is 5.91 Å². The first-order chi connectivity index (χ1) is 15.0. The molecular weight excluding hydrogens is 426 g/mol. The normalized spacial score (nSPS) is 18.8. The van der Waals surface area contributed by atoms with E-state index in [-0.39, 0.29) is 23.3 Å². The number of nitrogens with zero attached hydrogens (tertiary/aromatic N) is 1. The Morgan fingerprint density at radius 1 is 1.03 bits per heavy atom. The van der Waals surface area contributed by atoms with Crippen LogP contribution in [0.4, 0.5) is 11.4 Å². The van der Waals surface area contributed by atoms with Crippen molar-refractivity contribution in [3.63, 3.8) is 0 Å². The van der Waals surface area contributed by atoms with E-state index in [1.165, 1.54) is 12.1 Å². The van der Waals surface area contributed by atoms with Crippen LogP contribution < -0.4 is 10.6 Å². The number of benzene rings is 2. The molecule has 0 radical (unpaired) electrons. The van der Waals surface area contributed by atoms with E-state index in [0.717, 1.165) is 37.0 Å². The lowest BCUT2D eigenvalue weighted by atomic mass is 9.91. The molecule has 8 heteroatoms. The van der Waals surface area contributed by atoms with Gasteiger partial charge in [-0.05, 0) is 67.1 Å². The largest absolute Gasteiger partial charge is 0.376 e. The Kier molecular flexibility index (Phi) is 7.23. The Balaban J connectivity index is 1.62. The molecule has 0 spiro atoms. The second-order valence-corrected chi connectivity index (χ2v) is 10.9. The van der Waals surface area contributed by atoms with Gasteiger partial charge in [-0.15, -0.1) is 0 Å². The van der Waals surface area contributed by atoms with E-state index >= 15 is 0 Å². The molecule has 2 aromatic carbocycles. The van der Waals surface area contributed by atoms with Gasteiger partial charge in [0.2, 0.25) is 5.91 Å². The molecule has 1 fully saturated rings. The highest BCUT2D eigenvalue weighted by molar-refractivity contribution is 7.90. The van der Waals surface area contributed by atoms with Gasteiger partial charge in [0.15, 0.2) is 9.84 Å². The first-order valence-corrected chi connectivity index (χ1v) is 12.7. The van der Waals surface area contributed by atoms with Crippen LogP contribution in [0.3, 0.4) is 0 Å². The zero-order valence-electron chi connectivity index (χ0n) is 19.0. The molecule has 2 atom stereocenters. The molecule has 2 N–H and O–H groups in total. The van der Waals surface area contributed by atoms with Crippen molar-refractivity contribution < 1.29 is 18.0 Å². The first kappa shape index (κ1) is 23.8. The molecule has 1 heterocycles. The van der Waals surface area contributed by atoms with Crippen molar-refractivity contribution in [3.05, 3.63) is 53.6 Å². The predicted molar refractivity (Wildman–Crippen MR) is 127 cm³/mol. The molecule has 0 aliphatic carbocycles. The fourth-order valence-corrected chi connectivity index (χ4v) is 4.75. The van der Waals surface area contributed by atoms with E-state index < -0.39 is 9.84 Å². The number of carbonyl (C=O) groups excluding carboxylic acids is 2. The monoisotopic (exact) mass is 457 g/mol. The molecule has 7 nitrogen and oxygen atoms in total. The lowest BCUT2D eigenvalue weighted by molar-refractivity contribution is -0.114. The minimum Gasteiger partial charge on any atom is -0.376 e. The summed E-state index contributed by atoms with van der Waals surface area (Å²) in [5.74, 6) is 0.718. The smallest absolute Gasteiger partial charge is 0.253 e. The van der Waals surface area contributed by atoms with Crippen molar-refractivity contribution in [1.82, 2.24) is 4.90 Å². The van der Waals surface area contributed by atoms with E-state index in [9.17, 15) is 18.0 Å². The number of rotatable bonds is 6. The Labute approximate surface area is 190 Å². The van der Waals surface area contributed by atoms with Crippen LogP contribution in [0.2, 0.25) is 0 Å². The fraction of sp³-hybridized carbons (Fsp3) is 0.417. The average molecular weight is 458 g/mol. The van der Waals surface area contributed by atoms with Crippen LogP contribution in [0.1, 0.15) is 36.2 Å². The van der Waals surface area contributed by atoms with Crippen LogP contribution in [0.25, 0.3) is 0 Å². The van der Waals surface area contributed by atoms with Crippen LogP contribution >= 0.6 is 0 Å². The first-order valence-electron chi connectivity index (χ1n) is 10.8. The average Bonchev–Trinajstić information content (AvgIpc) is 2.71. The molecule has 2 unspecified atom stereocenters. The molecule has 1 aliphatic rings. The third-order valence-corrected chi connectivity index (χ3v) is 6.77. The van der Waals surface area contributed by atoms with Crippen LogP contribution in [-0.4, -0.2) is 51.0 Å². The van der Waals surface area contributed by atoms with Gasteiger partial charge in [-0.25, -0.2) is 8.42 Å². The minimum absolute atomic E-state index is 0.0156. The van der Waals surface area contributed by atoms with E-state index in [0.29, 0.717) is 23.1 Å². The Bertz CT molecular complexity index is 1090. The lowest BCUT2D eigenvalue weighted by Gasteiger charge is -2.35. The maximum atomic E-state index is 13.0. The third-order valence-electron chi connectivity index (χ3n) is 5.65. The van der Waals surface area contributed by atoms with Gasteiger partial charge in [0, 0.05) is 36.3 Å². The predicted octanol–water partition coefficient (Wildman–Crippen LogP) is 3.57. The molecule has 0 bridgehead atoms. The van der Waals surface area contributed by atoms with Gasteiger partial charge in [0.1, 0.15) is 0 Å². The molecule has 0 aromatic heterocycles. The van der Waals surface area contributed by atoms with Crippen molar-refractivity contribution in [2.45, 2.75) is 32.1 Å². The number of hydrogen-bond acceptors (Lipinski definition) is 5. The molecule has 2 aromatic rings. The van der Waals surface area contributed by atoms with Gasteiger partial charge in [-0.1, -0.05) is 19.9 Å². The van der Waals surface area contributed by atoms with Gasteiger partial charge >= 0.3 is 0 Å². The summed E-state index contributed by atoms with van der Waals surface area (Å²) in [6.45, 7) is 7.81. The number of sulfone groups is 1. The highest BCUT2D eigenvalue weighted by Gasteiger charge is 2.26. The molecule has 2 amide bonds. The molecule has 172 valence electrons. The SMILES string of the molecule is Cc1ccc(C(=O)N2CC(C)CC(C)C2)cc1NCC(=O)Nc1ccc(S(C)(=O)=O)cc1. The molecule has 32 heavy (non-hydrogen) atoms. The van der Waals surface area contributed by atoms with Crippen LogP contribution in [0.15, 0.2) is 47.4 Å². The Morgan fingerprint density at radius 3 is 2.25 bits per heavy atom. The van der Waals surface area contributed by atoms with Crippen LogP contribution in [-0.2, 0) is 14.6 Å². The summed E-state index contributed by atoms with van der Waals surface area (Å²) in [7, 11) is -3.28. The molecule has 3 rings (SSSR count). The van der Waals surface area contributed by atoms with Crippen molar-refractivity contribution in [2.24, 2.45) is 11.8 Å². The van der Waals surface area contributed by atoms with E-state index in [4.69, 9.17) is 0 Å². The number of likely N-dealkylation sites (tertiary alicyclic amines) is 1. The van der Waals surface area contributed by atoms with Crippen molar-refractivity contribution in [1.29, 1.82) is 0 Å². The number of anilines is 2. The summed E-state index contributed by atoms with van der Waals surface area (Å²) in [4.78, 5) is 27.5. The number of aryl methyl sites for hydroxylation is 1. The molecular formula is C24H31N3O4S. The standard InChI is InChI=1S/C24H31N3O4S/c1-16-11-17(2)15-27(14-16)24(29)19-6-5-18(3)22(12-19)25-13-23(28)26-20-7-9-21(10-8-20)32(4,30)31/h5-10,12,16-17,25H,11,13-15H2,1-4H3,(H,26,28). The summed E-state index contributed by atoms with van der Waals surface area (Å²) in [5.41, 5.74) is 2.79. The van der Waals surface area contributed by atoms with Crippen molar-refractivity contribution in [2.75, 3.05) is 36.5 Å². The minimum atomic E-state index is -3.28. The Hall–Kier alpha value is -2.87. The van der Waals surface area contributed by atoms with Gasteiger partial charge in [0.05, 0.1) is 11.4 Å². The number of hydrogen-bond donors (Lipinski definition) is 2. The topological polar surface area (TPSA) is 95.6 Å². The highest BCUT2D eigenvalue weighted by Crippen LogP contribution is 2.24. The second kappa shape index (κ2) is 9.73. The highest BCUT2D eigenvalue weighted by atomic mass is 32.2. The molecule has 1 saturated heterocycles. The van der Waals surface area contributed by atoms with Crippen molar-refractivity contribution >= 4 is 33.0 Å². The van der Waals surface area contributed by atoms with Crippen LogP contribution in [0, 0.1) is 18.8 Å². The van der Waals surface area contributed by atoms with Gasteiger partial charge in [-0.3, -0.25) is 9.59 Å². The zero-order chi connectivity index (χ0) is 23.5. The van der Waals surface area contributed by atoms with Crippen molar-refractivity contribution in [3.8, 4) is 0 Å². The number of amides is 2. The summed E-state index contributed by atoms with van der Waals surface area (Å²) in [6.07, 6.45) is 2.27. The second-order valence-electron chi connectivity index (χ2n) is 8.88. The van der Waals surface area contributed by atoms with E-state index in [1.54, 1.807) is 18.2 Å². The summed E-state index contributed by atoms with van der Waals surface area (Å²) < 4.78 is 23.1. The lowest BCUT2D eigenvalue weighted by Crippen LogP contribution is -2.42. The Morgan fingerprint density at radius 2 is 1.66 bits per heavy atom. The summed E-state index contributed by atoms with van der Waals surface area (Å²) in [5, 5.41) is 5.84. The maximum Gasteiger partial charge on any atom is 0.253 e. The van der Waals surface area contributed by atoms with Crippen LogP contribution in [0.5, 0.6) is 0 Å². The number of nitrogens with one attached hydrogen (secondary N) is 2. The van der Waals surface area contributed by atoms with Gasteiger partial charge in [-0.2, -0.15) is 0 Å². The molecule has 0 saturated carbocycles. The fourth-order valence-electron chi connectivity index (χ4n) is 4.12. The maximum absolute atomic E-state index is 13.0. The van der Waals surface area contributed by atoms with E-state index in [1.807, 2.05) is 24.0 Å². The van der Waals surface area contributed by atoms with Gasteiger partial charge < -0.3 is 15.5 Å². The summed E-state index contributed by atoms with van der Waals surface area (Å²) >= 11 is 0. The number of piperidine rings is 1. The quantitative estimate of drug-likeness (QED) is 0.691. The third kappa shape index (κ3) is 6.09. The molecule has 1 aliphatic heterocycles. The number of carbonyl (C=O) groups is 2. The zero-order valence-corrected chi connectivity index (χ0v) is 19.8.